The van der Waals surface area contributed by atoms with Crippen LogP contribution in [0.3, 0.4) is 0 Å². The van der Waals surface area contributed by atoms with Crippen molar-refractivity contribution in [3.8, 4) is 0 Å². The molecule has 0 spiro atoms. The number of rotatable bonds is 4. The summed E-state index contributed by atoms with van der Waals surface area (Å²) >= 11 is 0. The van der Waals surface area contributed by atoms with Crippen LogP contribution in [0.2, 0.25) is 0 Å². The highest BCUT2D eigenvalue weighted by atomic mass is 19.1. The maximum atomic E-state index is 13.2. The fourth-order valence-electron chi connectivity index (χ4n) is 4.36. The number of piperazine rings is 1. The average molecular weight is 464 g/mol. The van der Waals surface area contributed by atoms with E-state index in [1.807, 2.05) is 31.2 Å². The summed E-state index contributed by atoms with van der Waals surface area (Å²) in [5.41, 5.74) is 3.93. The van der Waals surface area contributed by atoms with Crippen molar-refractivity contribution in [3.05, 3.63) is 82.4 Å². The Morgan fingerprint density at radius 1 is 1.00 bits per heavy atom. The predicted molar refractivity (Wildman–Crippen MR) is 121 cm³/mol. The smallest absolute Gasteiger partial charge is 0.276 e. The number of ether oxygens (including phenoxy) is 1. The second-order valence-corrected chi connectivity index (χ2v) is 8.75. The van der Waals surface area contributed by atoms with E-state index in [0.717, 1.165) is 16.7 Å². The molecule has 2 aliphatic heterocycles. The number of halogens is 1. The minimum Gasteiger partial charge on any atom is -0.365 e. The van der Waals surface area contributed by atoms with E-state index in [9.17, 15) is 14.0 Å². The van der Waals surface area contributed by atoms with Gasteiger partial charge in [0.25, 0.3) is 5.91 Å². The molecule has 0 saturated carbocycles. The van der Waals surface area contributed by atoms with Gasteiger partial charge in [-0.05, 0) is 30.2 Å². The van der Waals surface area contributed by atoms with E-state index < -0.39 is 0 Å². The first-order valence-electron chi connectivity index (χ1n) is 11.4. The molecule has 5 rings (SSSR count). The van der Waals surface area contributed by atoms with Crippen LogP contribution in [0, 0.1) is 12.7 Å². The Bertz CT molecular complexity index is 1180. The first kappa shape index (κ1) is 22.2. The molecule has 1 atom stereocenters. The molecular formula is C25H26FN5O3. The summed E-state index contributed by atoms with van der Waals surface area (Å²) in [5, 5.41) is 8.30. The van der Waals surface area contributed by atoms with E-state index in [0.29, 0.717) is 44.8 Å². The molecule has 0 aliphatic carbocycles. The monoisotopic (exact) mass is 463 g/mol. The molecule has 0 unspecified atom stereocenters. The number of nitrogens with zero attached hydrogens (tertiary/aromatic N) is 5. The number of carbonyl (C=O) groups excluding carboxylic acids is 2. The fraction of sp³-hybridized carbons (Fsp3) is 0.360. The van der Waals surface area contributed by atoms with Crippen LogP contribution >= 0.6 is 0 Å². The van der Waals surface area contributed by atoms with Crippen LogP contribution in [0.4, 0.5) is 4.39 Å². The fourth-order valence-corrected chi connectivity index (χ4v) is 4.36. The standard InChI is InChI=1S/C25H26FN5O3/c1-17-2-4-18(5-3-17)14-23(32)29-10-12-30(13-11-29)25(33)24-21-16-34-22(15-31(21)28-27-24)19-6-8-20(26)9-7-19/h2-9,22H,10-16H2,1H3/t22-/m0/s1. The summed E-state index contributed by atoms with van der Waals surface area (Å²) in [7, 11) is 0. The van der Waals surface area contributed by atoms with Gasteiger partial charge in [0.05, 0.1) is 25.3 Å². The zero-order chi connectivity index (χ0) is 23.7. The van der Waals surface area contributed by atoms with E-state index in [4.69, 9.17) is 4.74 Å². The molecule has 3 heterocycles. The molecule has 176 valence electrons. The summed E-state index contributed by atoms with van der Waals surface area (Å²) < 4.78 is 20.8. The third kappa shape index (κ3) is 4.56. The van der Waals surface area contributed by atoms with E-state index in [-0.39, 0.29) is 36.0 Å². The Morgan fingerprint density at radius 2 is 1.68 bits per heavy atom. The maximum absolute atomic E-state index is 13.2. The van der Waals surface area contributed by atoms with Crippen LogP contribution in [-0.4, -0.2) is 62.8 Å². The van der Waals surface area contributed by atoms with Crippen LogP contribution < -0.4 is 0 Å². The molecule has 2 aromatic carbocycles. The Kier molecular flexibility index (Phi) is 6.10. The normalized spacial score (nSPS) is 18.0. The van der Waals surface area contributed by atoms with E-state index >= 15 is 0 Å². The molecule has 1 saturated heterocycles. The van der Waals surface area contributed by atoms with Crippen LogP contribution in [-0.2, 0) is 29.1 Å². The Morgan fingerprint density at radius 3 is 2.38 bits per heavy atom. The second-order valence-electron chi connectivity index (χ2n) is 8.75. The molecule has 0 radical (unpaired) electrons. The molecule has 2 aliphatic rings. The highest BCUT2D eigenvalue weighted by Crippen LogP contribution is 2.27. The SMILES string of the molecule is Cc1ccc(CC(=O)N2CCN(C(=O)c3nnn4c3CO[C@H](c3ccc(F)cc3)C4)CC2)cc1. The number of fused-ring (bicyclic) bond motifs is 1. The molecule has 9 heteroatoms. The highest BCUT2D eigenvalue weighted by molar-refractivity contribution is 5.93. The largest absolute Gasteiger partial charge is 0.365 e. The summed E-state index contributed by atoms with van der Waals surface area (Å²) in [5.74, 6) is -0.432. The number of carbonyl (C=O) groups is 2. The minimum absolute atomic E-state index is 0.0669. The lowest BCUT2D eigenvalue weighted by Gasteiger charge is -2.34. The predicted octanol–water partition coefficient (Wildman–Crippen LogP) is 2.52. The first-order valence-corrected chi connectivity index (χ1v) is 11.4. The van der Waals surface area contributed by atoms with Crippen molar-refractivity contribution in [3.63, 3.8) is 0 Å². The summed E-state index contributed by atoms with van der Waals surface area (Å²) in [6.45, 7) is 4.50. The number of amides is 2. The van der Waals surface area contributed by atoms with Gasteiger partial charge >= 0.3 is 0 Å². The van der Waals surface area contributed by atoms with Gasteiger partial charge in [0.1, 0.15) is 11.9 Å². The molecule has 1 aromatic heterocycles. The van der Waals surface area contributed by atoms with E-state index in [2.05, 4.69) is 10.3 Å². The first-order chi connectivity index (χ1) is 16.5. The third-order valence-corrected chi connectivity index (χ3v) is 6.44. The van der Waals surface area contributed by atoms with Gasteiger partial charge in [0.15, 0.2) is 5.69 Å². The Balaban J connectivity index is 1.18. The summed E-state index contributed by atoms with van der Waals surface area (Å²) in [4.78, 5) is 29.3. The van der Waals surface area contributed by atoms with E-state index in [1.54, 1.807) is 26.6 Å². The number of hydrogen-bond donors (Lipinski definition) is 0. The lowest BCUT2D eigenvalue weighted by atomic mass is 10.1. The molecule has 8 nitrogen and oxygen atoms in total. The topological polar surface area (TPSA) is 80.6 Å². The summed E-state index contributed by atoms with van der Waals surface area (Å²) in [6.07, 6.45) is 0.0834. The van der Waals surface area contributed by atoms with Crippen molar-refractivity contribution in [2.75, 3.05) is 26.2 Å². The molecule has 3 aromatic rings. The third-order valence-electron chi connectivity index (χ3n) is 6.44. The molecular weight excluding hydrogens is 437 g/mol. The molecule has 0 N–H and O–H groups in total. The van der Waals surface area contributed by atoms with Crippen molar-refractivity contribution in [1.29, 1.82) is 0 Å². The molecule has 2 amide bonds. The van der Waals surface area contributed by atoms with Gasteiger partial charge < -0.3 is 14.5 Å². The van der Waals surface area contributed by atoms with Gasteiger partial charge in [-0.2, -0.15) is 0 Å². The van der Waals surface area contributed by atoms with Crippen molar-refractivity contribution >= 4 is 11.8 Å². The lowest BCUT2D eigenvalue weighted by Crippen LogP contribution is -2.51. The number of hydrogen-bond acceptors (Lipinski definition) is 5. The van der Waals surface area contributed by atoms with Gasteiger partial charge in [-0.15, -0.1) is 5.10 Å². The molecule has 34 heavy (non-hydrogen) atoms. The second kappa shape index (κ2) is 9.34. The van der Waals surface area contributed by atoms with E-state index in [1.165, 1.54) is 12.1 Å². The van der Waals surface area contributed by atoms with Crippen molar-refractivity contribution in [2.24, 2.45) is 0 Å². The zero-order valence-electron chi connectivity index (χ0n) is 19.0. The number of aromatic nitrogens is 3. The van der Waals surface area contributed by atoms with Gasteiger partial charge in [-0.1, -0.05) is 47.2 Å². The highest BCUT2D eigenvalue weighted by Gasteiger charge is 2.32. The Hall–Kier alpha value is -3.59. The Labute approximate surface area is 196 Å². The quantitative estimate of drug-likeness (QED) is 0.594. The van der Waals surface area contributed by atoms with Crippen LogP contribution in [0.1, 0.15) is 39.0 Å². The van der Waals surface area contributed by atoms with Crippen LogP contribution in [0.25, 0.3) is 0 Å². The minimum atomic E-state index is -0.300. The number of aryl methyl sites for hydroxylation is 1. The summed E-state index contributed by atoms with van der Waals surface area (Å²) in [6, 6.07) is 14.1. The van der Waals surface area contributed by atoms with Gasteiger partial charge in [0.2, 0.25) is 5.91 Å². The van der Waals surface area contributed by atoms with Crippen molar-refractivity contribution in [2.45, 2.75) is 32.6 Å². The lowest BCUT2D eigenvalue weighted by molar-refractivity contribution is -0.131. The molecule has 0 bridgehead atoms. The van der Waals surface area contributed by atoms with Gasteiger partial charge in [-0.3, -0.25) is 9.59 Å². The van der Waals surface area contributed by atoms with Gasteiger partial charge in [-0.25, -0.2) is 9.07 Å². The van der Waals surface area contributed by atoms with Crippen molar-refractivity contribution < 1.29 is 18.7 Å². The average Bonchev–Trinajstić information content (AvgIpc) is 3.29. The van der Waals surface area contributed by atoms with Crippen molar-refractivity contribution in [1.82, 2.24) is 24.8 Å². The zero-order valence-corrected chi connectivity index (χ0v) is 19.0. The number of benzene rings is 2. The van der Waals surface area contributed by atoms with Crippen LogP contribution in [0.15, 0.2) is 48.5 Å². The van der Waals surface area contributed by atoms with Crippen LogP contribution in [0.5, 0.6) is 0 Å². The maximum Gasteiger partial charge on any atom is 0.276 e. The molecule has 1 fully saturated rings. The van der Waals surface area contributed by atoms with Gasteiger partial charge in [0, 0.05) is 26.2 Å².